The minimum atomic E-state index is -0.734. The predicted molar refractivity (Wildman–Crippen MR) is 82.8 cm³/mol. The number of hydrogen-bond donors (Lipinski definition) is 1. The first kappa shape index (κ1) is 15.6. The highest BCUT2D eigenvalue weighted by Gasteiger charge is 2.18. The molecule has 0 radical (unpaired) electrons. The number of phenolic OH excluding ortho intramolecular Hbond substituents is 1. The van der Waals surface area contributed by atoms with Crippen LogP contribution in [0.5, 0.6) is 5.75 Å². The first-order chi connectivity index (χ1) is 10.4. The number of halogens is 1. The molecule has 1 N–H and O–H groups in total. The summed E-state index contributed by atoms with van der Waals surface area (Å²) in [4.78, 5) is 24.3. The van der Waals surface area contributed by atoms with E-state index < -0.39 is 21.3 Å². The van der Waals surface area contributed by atoms with Crippen LogP contribution in [0.3, 0.4) is 0 Å². The lowest BCUT2D eigenvalue weighted by Crippen LogP contribution is -1.93. The van der Waals surface area contributed by atoms with Crippen molar-refractivity contribution in [2.45, 2.75) is 0 Å². The number of para-hydroxylation sites is 2. The Morgan fingerprint density at radius 3 is 2.36 bits per heavy atom. The van der Waals surface area contributed by atoms with E-state index in [1.807, 2.05) is 0 Å². The molecule has 2 aromatic carbocycles. The van der Waals surface area contributed by atoms with E-state index in [4.69, 9.17) is 0 Å². The second-order valence-electron chi connectivity index (χ2n) is 4.12. The molecule has 0 aliphatic rings. The van der Waals surface area contributed by atoms with E-state index in [1.54, 1.807) is 6.07 Å². The topological polar surface area (TPSA) is 119 Å². The number of aliphatic imine (C=N–C) groups is 1. The summed E-state index contributed by atoms with van der Waals surface area (Å²) in [5, 5.41) is 31.6. The SMILES string of the molecule is O=[N+]([O-])c1ccccc1N=Cc1cc(Br)cc([N+](=O)[O-])c1O. The number of aromatic hydroxyl groups is 1. The van der Waals surface area contributed by atoms with Gasteiger partial charge >= 0.3 is 5.69 Å². The van der Waals surface area contributed by atoms with Gasteiger partial charge in [0.15, 0.2) is 0 Å². The van der Waals surface area contributed by atoms with Crippen LogP contribution >= 0.6 is 15.9 Å². The van der Waals surface area contributed by atoms with E-state index in [0.29, 0.717) is 4.47 Å². The fraction of sp³-hybridized carbons (Fsp3) is 0. The van der Waals surface area contributed by atoms with Crippen molar-refractivity contribution < 1.29 is 15.0 Å². The van der Waals surface area contributed by atoms with Crippen LogP contribution in [0.1, 0.15) is 5.56 Å². The number of rotatable bonds is 4. The van der Waals surface area contributed by atoms with E-state index in [0.717, 1.165) is 12.3 Å². The summed E-state index contributed by atoms with van der Waals surface area (Å²) in [5.74, 6) is -0.560. The summed E-state index contributed by atoms with van der Waals surface area (Å²) < 4.78 is 0.376. The van der Waals surface area contributed by atoms with Gasteiger partial charge in [-0.1, -0.05) is 28.1 Å². The van der Waals surface area contributed by atoms with Crippen LogP contribution in [0.4, 0.5) is 17.1 Å². The molecule has 0 amide bonds. The van der Waals surface area contributed by atoms with Crippen LogP contribution in [0, 0.1) is 20.2 Å². The third kappa shape index (κ3) is 3.26. The van der Waals surface area contributed by atoms with Gasteiger partial charge in [0, 0.05) is 28.4 Å². The summed E-state index contributed by atoms with van der Waals surface area (Å²) in [7, 11) is 0. The Hall–Kier alpha value is -2.81. The monoisotopic (exact) mass is 365 g/mol. The van der Waals surface area contributed by atoms with Crippen molar-refractivity contribution in [3.63, 3.8) is 0 Å². The average molecular weight is 366 g/mol. The molecule has 0 unspecified atom stereocenters. The summed E-state index contributed by atoms with van der Waals surface area (Å²) >= 11 is 3.09. The quantitative estimate of drug-likeness (QED) is 0.502. The second kappa shape index (κ2) is 6.31. The molecule has 0 fully saturated rings. The van der Waals surface area contributed by atoms with Crippen LogP contribution in [0.2, 0.25) is 0 Å². The molecule has 0 spiro atoms. The molecular formula is C13H8BrN3O5. The molecule has 0 aromatic heterocycles. The lowest BCUT2D eigenvalue weighted by molar-refractivity contribution is -0.385. The Kier molecular flexibility index (Phi) is 4.47. The fourth-order valence-electron chi connectivity index (χ4n) is 1.71. The highest BCUT2D eigenvalue weighted by molar-refractivity contribution is 9.10. The van der Waals surface area contributed by atoms with Gasteiger partial charge in [-0.25, -0.2) is 4.99 Å². The largest absolute Gasteiger partial charge is 0.502 e. The molecule has 0 heterocycles. The van der Waals surface area contributed by atoms with E-state index in [9.17, 15) is 25.3 Å². The third-order valence-electron chi connectivity index (χ3n) is 2.70. The van der Waals surface area contributed by atoms with Gasteiger partial charge in [-0.15, -0.1) is 0 Å². The summed E-state index contributed by atoms with van der Waals surface area (Å²) in [6.45, 7) is 0. The van der Waals surface area contributed by atoms with Gasteiger partial charge < -0.3 is 5.11 Å². The van der Waals surface area contributed by atoms with Crippen molar-refractivity contribution in [2.75, 3.05) is 0 Å². The maximum atomic E-state index is 10.9. The van der Waals surface area contributed by atoms with Crippen molar-refractivity contribution in [1.82, 2.24) is 0 Å². The molecule has 2 aromatic rings. The zero-order valence-electron chi connectivity index (χ0n) is 10.8. The van der Waals surface area contributed by atoms with Gasteiger partial charge in [0.05, 0.1) is 9.85 Å². The maximum Gasteiger partial charge on any atom is 0.312 e. The Bertz CT molecular complexity index is 791. The number of hydrogen-bond acceptors (Lipinski definition) is 6. The van der Waals surface area contributed by atoms with Gasteiger partial charge in [0.1, 0.15) is 5.69 Å². The molecule has 0 bridgehead atoms. The van der Waals surface area contributed by atoms with Gasteiger partial charge in [-0.05, 0) is 12.1 Å². The van der Waals surface area contributed by atoms with E-state index in [1.165, 1.54) is 24.3 Å². The molecule has 2 rings (SSSR count). The molecule has 0 atom stereocenters. The number of nitro groups is 2. The van der Waals surface area contributed by atoms with Crippen LogP contribution in [-0.2, 0) is 0 Å². The smallest absolute Gasteiger partial charge is 0.312 e. The lowest BCUT2D eigenvalue weighted by atomic mass is 10.2. The van der Waals surface area contributed by atoms with E-state index in [2.05, 4.69) is 20.9 Å². The highest BCUT2D eigenvalue weighted by atomic mass is 79.9. The molecule has 0 saturated carbocycles. The molecule has 112 valence electrons. The van der Waals surface area contributed by atoms with Crippen LogP contribution in [0.15, 0.2) is 45.9 Å². The standard InChI is InChI=1S/C13H8BrN3O5/c14-9-5-8(13(18)12(6-9)17(21)22)7-15-10-3-1-2-4-11(10)16(19)20/h1-7,18H. The maximum absolute atomic E-state index is 10.9. The molecule has 0 aliphatic heterocycles. The van der Waals surface area contributed by atoms with Gasteiger partial charge in [0.2, 0.25) is 5.75 Å². The molecule has 8 nitrogen and oxygen atoms in total. The first-order valence-corrected chi connectivity index (χ1v) is 6.64. The van der Waals surface area contributed by atoms with Gasteiger partial charge in [-0.3, -0.25) is 20.2 Å². The molecule has 0 saturated heterocycles. The van der Waals surface area contributed by atoms with Crippen molar-refractivity contribution in [3.05, 3.63) is 66.7 Å². The van der Waals surface area contributed by atoms with Crippen LogP contribution < -0.4 is 0 Å². The number of nitro benzene ring substituents is 2. The summed E-state index contributed by atoms with van der Waals surface area (Å²) in [6.07, 6.45) is 1.13. The van der Waals surface area contributed by atoms with Crippen molar-refractivity contribution in [3.8, 4) is 5.75 Å². The Morgan fingerprint density at radius 1 is 1.09 bits per heavy atom. The Morgan fingerprint density at radius 2 is 1.73 bits per heavy atom. The van der Waals surface area contributed by atoms with E-state index in [-0.39, 0.29) is 16.9 Å². The highest BCUT2D eigenvalue weighted by Crippen LogP contribution is 2.33. The lowest BCUT2D eigenvalue weighted by Gasteiger charge is -2.02. The van der Waals surface area contributed by atoms with E-state index >= 15 is 0 Å². The van der Waals surface area contributed by atoms with Crippen molar-refractivity contribution >= 4 is 39.2 Å². The molecule has 0 aliphatic carbocycles. The fourth-order valence-corrected chi connectivity index (χ4v) is 2.17. The zero-order valence-corrected chi connectivity index (χ0v) is 12.4. The number of benzene rings is 2. The average Bonchev–Trinajstić information content (AvgIpc) is 2.47. The molecule has 9 heteroatoms. The number of nitrogens with zero attached hydrogens (tertiary/aromatic N) is 3. The normalized spacial score (nSPS) is 10.8. The molecular weight excluding hydrogens is 358 g/mol. The minimum absolute atomic E-state index is 0.0687. The summed E-state index contributed by atoms with van der Waals surface area (Å²) in [6, 6.07) is 8.35. The predicted octanol–water partition coefficient (Wildman–Crippen LogP) is 3.72. The molecule has 22 heavy (non-hydrogen) atoms. The zero-order chi connectivity index (χ0) is 16.3. The van der Waals surface area contributed by atoms with Crippen molar-refractivity contribution in [1.29, 1.82) is 0 Å². The van der Waals surface area contributed by atoms with Crippen LogP contribution in [0.25, 0.3) is 0 Å². The first-order valence-electron chi connectivity index (χ1n) is 5.84. The third-order valence-corrected chi connectivity index (χ3v) is 3.16. The van der Waals surface area contributed by atoms with Crippen molar-refractivity contribution in [2.24, 2.45) is 4.99 Å². The Labute approximate surface area is 132 Å². The number of phenols is 1. The van der Waals surface area contributed by atoms with Crippen LogP contribution in [-0.4, -0.2) is 21.2 Å². The summed E-state index contributed by atoms with van der Waals surface area (Å²) in [5.41, 5.74) is -0.546. The second-order valence-corrected chi connectivity index (χ2v) is 5.04. The van der Waals surface area contributed by atoms with Gasteiger partial charge in [0.25, 0.3) is 5.69 Å². The minimum Gasteiger partial charge on any atom is -0.502 e. The Balaban J connectivity index is 2.48. The van der Waals surface area contributed by atoms with Gasteiger partial charge in [-0.2, -0.15) is 0 Å².